The Labute approximate surface area is 111 Å². The topological polar surface area (TPSA) is 69.8 Å². The second kappa shape index (κ2) is 5.01. The van der Waals surface area contributed by atoms with Crippen molar-refractivity contribution in [3.8, 4) is 0 Å². The molecule has 0 radical (unpaired) electrons. The van der Waals surface area contributed by atoms with Gasteiger partial charge in [-0.1, -0.05) is 25.1 Å². The highest BCUT2D eigenvalue weighted by Crippen LogP contribution is 2.16. The number of fused-ring (bicyclic) bond motifs is 1. The highest BCUT2D eigenvalue weighted by atomic mass is 16.2. The quantitative estimate of drug-likeness (QED) is 0.760. The van der Waals surface area contributed by atoms with Gasteiger partial charge in [0.25, 0.3) is 5.91 Å². The summed E-state index contributed by atoms with van der Waals surface area (Å²) in [5, 5.41) is 14.3. The molecule has 100 valence electrons. The minimum Gasteiger partial charge on any atom is -0.348 e. The second-order valence-electron chi connectivity index (χ2n) is 5.17. The summed E-state index contributed by atoms with van der Waals surface area (Å²) < 4.78 is 0. The van der Waals surface area contributed by atoms with E-state index in [-0.39, 0.29) is 11.9 Å². The maximum Gasteiger partial charge on any atom is 0.272 e. The molecule has 1 aliphatic rings. The molecule has 2 atom stereocenters. The molecule has 19 heavy (non-hydrogen) atoms. The molecule has 1 saturated heterocycles. The Morgan fingerprint density at radius 1 is 1.42 bits per heavy atom. The van der Waals surface area contributed by atoms with Crippen molar-refractivity contribution >= 4 is 16.8 Å². The van der Waals surface area contributed by atoms with Crippen molar-refractivity contribution in [2.45, 2.75) is 19.4 Å². The first-order valence-corrected chi connectivity index (χ1v) is 6.70. The summed E-state index contributed by atoms with van der Waals surface area (Å²) in [7, 11) is 0. The van der Waals surface area contributed by atoms with E-state index < -0.39 is 0 Å². The van der Waals surface area contributed by atoms with Gasteiger partial charge in [-0.2, -0.15) is 5.10 Å². The lowest BCUT2D eigenvalue weighted by molar-refractivity contribution is 0.0910. The lowest BCUT2D eigenvalue weighted by Crippen LogP contribution is -2.48. The smallest absolute Gasteiger partial charge is 0.272 e. The molecule has 3 N–H and O–H groups in total. The van der Waals surface area contributed by atoms with Crippen LogP contribution in [0.2, 0.25) is 0 Å². The van der Waals surface area contributed by atoms with E-state index >= 15 is 0 Å². The van der Waals surface area contributed by atoms with Crippen LogP contribution in [0.1, 0.15) is 23.8 Å². The van der Waals surface area contributed by atoms with Gasteiger partial charge >= 0.3 is 0 Å². The van der Waals surface area contributed by atoms with Crippen LogP contribution in [-0.4, -0.2) is 35.2 Å². The number of aromatic nitrogens is 2. The van der Waals surface area contributed by atoms with Crippen molar-refractivity contribution in [2.75, 3.05) is 13.1 Å². The molecule has 0 aliphatic carbocycles. The van der Waals surface area contributed by atoms with Crippen LogP contribution >= 0.6 is 0 Å². The number of carbonyl (C=O) groups excluding carboxylic acids is 1. The highest BCUT2D eigenvalue weighted by molar-refractivity contribution is 6.04. The summed E-state index contributed by atoms with van der Waals surface area (Å²) in [5.74, 6) is 0.360. The van der Waals surface area contributed by atoms with E-state index in [2.05, 4.69) is 27.8 Å². The third-order valence-corrected chi connectivity index (χ3v) is 3.79. The Bertz CT molecular complexity index is 592. The fourth-order valence-corrected chi connectivity index (χ4v) is 2.60. The van der Waals surface area contributed by atoms with Crippen LogP contribution in [-0.2, 0) is 0 Å². The number of para-hydroxylation sites is 1. The van der Waals surface area contributed by atoms with Crippen LogP contribution in [0.15, 0.2) is 24.3 Å². The molecule has 1 aliphatic heterocycles. The number of nitrogens with zero attached hydrogens (tertiary/aromatic N) is 1. The van der Waals surface area contributed by atoms with E-state index in [1.807, 2.05) is 24.3 Å². The fraction of sp³-hybridized carbons (Fsp3) is 0.429. The average molecular weight is 258 g/mol. The number of carbonyl (C=O) groups is 1. The SMILES string of the molecule is CC1CNCCC1NC(=O)c1n[nH]c2ccccc12. The summed E-state index contributed by atoms with van der Waals surface area (Å²) in [6.07, 6.45) is 0.968. The van der Waals surface area contributed by atoms with Gasteiger partial charge in [0.2, 0.25) is 0 Å². The number of hydrogen-bond acceptors (Lipinski definition) is 3. The Morgan fingerprint density at radius 3 is 3.11 bits per heavy atom. The van der Waals surface area contributed by atoms with E-state index in [4.69, 9.17) is 0 Å². The van der Waals surface area contributed by atoms with E-state index in [1.54, 1.807) is 0 Å². The molecule has 0 saturated carbocycles. The first-order valence-electron chi connectivity index (χ1n) is 6.70. The van der Waals surface area contributed by atoms with Crippen molar-refractivity contribution in [1.82, 2.24) is 20.8 Å². The molecule has 1 aromatic heterocycles. The highest BCUT2D eigenvalue weighted by Gasteiger charge is 2.24. The molecular weight excluding hydrogens is 240 g/mol. The van der Waals surface area contributed by atoms with Crippen molar-refractivity contribution in [3.63, 3.8) is 0 Å². The molecule has 5 nitrogen and oxygen atoms in total. The zero-order valence-corrected chi connectivity index (χ0v) is 10.9. The van der Waals surface area contributed by atoms with Crippen LogP contribution in [0, 0.1) is 5.92 Å². The minimum atomic E-state index is -0.0869. The predicted octanol–water partition coefficient (Wildman–Crippen LogP) is 1.29. The van der Waals surface area contributed by atoms with Crippen LogP contribution in [0.3, 0.4) is 0 Å². The molecule has 3 rings (SSSR count). The van der Waals surface area contributed by atoms with Gasteiger partial charge in [0, 0.05) is 11.4 Å². The number of benzene rings is 1. The molecular formula is C14H18N4O. The zero-order valence-electron chi connectivity index (χ0n) is 10.9. The molecule has 0 spiro atoms. The Hall–Kier alpha value is -1.88. The van der Waals surface area contributed by atoms with Crippen molar-refractivity contribution in [2.24, 2.45) is 5.92 Å². The summed E-state index contributed by atoms with van der Waals surface area (Å²) in [5.41, 5.74) is 1.38. The van der Waals surface area contributed by atoms with E-state index in [0.29, 0.717) is 11.6 Å². The van der Waals surface area contributed by atoms with Gasteiger partial charge in [-0.3, -0.25) is 9.89 Å². The molecule has 1 amide bonds. The standard InChI is InChI=1S/C14H18N4O/c1-9-8-15-7-6-11(9)16-14(19)13-10-4-2-3-5-12(10)17-18-13/h2-5,9,11,15H,6-8H2,1H3,(H,16,19)(H,17,18). The van der Waals surface area contributed by atoms with Crippen molar-refractivity contribution < 1.29 is 4.79 Å². The first-order chi connectivity index (χ1) is 9.25. The van der Waals surface area contributed by atoms with Gasteiger partial charge < -0.3 is 10.6 Å². The largest absolute Gasteiger partial charge is 0.348 e. The lowest BCUT2D eigenvalue weighted by atomic mass is 9.95. The number of hydrogen-bond donors (Lipinski definition) is 3. The number of rotatable bonds is 2. The maximum absolute atomic E-state index is 12.3. The molecule has 2 aromatic rings. The minimum absolute atomic E-state index is 0.0869. The van der Waals surface area contributed by atoms with Gasteiger partial charge in [-0.25, -0.2) is 0 Å². The van der Waals surface area contributed by atoms with Gasteiger partial charge in [0.1, 0.15) is 0 Å². The molecule has 0 bridgehead atoms. The number of piperidine rings is 1. The van der Waals surface area contributed by atoms with Crippen LogP contribution < -0.4 is 10.6 Å². The third kappa shape index (κ3) is 2.33. The van der Waals surface area contributed by atoms with Gasteiger partial charge in [0.15, 0.2) is 5.69 Å². The summed E-state index contributed by atoms with van der Waals surface area (Å²) >= 11 is 0. The molecule has 5 heteroatoms. The number of amides is 1. The fourth-order valence-electron chi connectivity index (χ4n) is 2.60. The van der Waals surface area contributed by atoms with Crippen LogP contribution in [0.5, 0.6) is 0 Å². The van der Waals surface area contributed by atoms with Gasteiger partial charge in [0.05, 0.1) is 5.52 Å². The van der Waals surface area contributed by atoms with E-state index in [1.165, 1.54) is 0 Å². The van der Waals surface area contributed by atoms with Crippen molar-refractivity contribution in [1.29, 1.82) is 0 Å². The Balaban J connectivity index is 1.80. The monoisotopic (exact) mass is 258 g/mol. The summed E-state index contributed by atoms with van der Waals surface area (Å²) in [6, 6.07) is 7.91. The van der Waals surface area contributed by atoms with Gasteiger partial charge in [-0.05, 0) is 31.5 Å². The lowest BCUT2D eigenvalue weighted by Gasteiger charge is -2.29. The predicted molar refractivity (Wildman–Crippen MR) is 74.0 cm³/mol. The van der Waals surface area contributed by atoms with Crippen LogP contribution in [0.4, 0.5) is 0 Å². The summed E-state index contributed by atoms with van der Waals surface area (Å²) in [4.78, 5) is 12.3. The number of aromatic amines is 1. The Kier molecular flexibility index (Phi) is 3.21. The first kappa shape index (κ1) is 12.2. The van der Waals surface area contributed by atoms with Crippen molar-refractivity contribution in [3.05, 3.63) is 30.0 Å². The molecule has 2 heterocycles. The number of H-pyrrole nitrogens is 1. The number of nitrogens with one attached hydrogen (secondary N) is 3. The molecule has 2 unspecified atom stereocenters. The van der Waals surface area contributed by atoms with E-state index in [9.17, 15) is 4.79 Å². The Morgan fingerprint density at radius 2 is 2.26 bits per heavy atom. The zero-order chi connectivity index (χ0) is 13.2. The van der Waals surface area contributed by atoms with Crippen LogP contribution in [0.25, 0.3) is 10.9 Å². The average Bonchev–Trinajstić information content (AvgIpc) is 2.85. The maximum atomic E-state index is 12.3. The second-order valence-corrected chi connectivity index (χ2v) is 5.17. The normalized spacial score (nSPS) is 23.4. The molecule has 1 aromatic carbocycles. The third-order valence-electron chi connectivity index (χ3n) is 3.79. The van der Waals surface area contributed by atoms with E-state index in [0.717, 1.165) is 30.4 Å². The van der Waals surface area contributed by atoms with Gasteiger partial charge in [-0.15, -0.1) is 0 Å². The molecule has 1 fully saturated rings. The summed E-state index contributed by atoms with van der Waals surface area (Å²) in [6.45, 7) is 4.06.